The molecule has 3 amide bonds. The molecule has 3 heterocycles. The number of anilines is 1. The summed E-state index contributed by atoms with van der Waals surface area (Å²) in [6.07, 6.45) is -0.127. The summed E-state index contributed by atoms with van der Waals surface area (Å²) in [6, 6.07) is 19.0. The lowest BCUT2D eigenvalue weighted by atomic mass is 10.1. The molecule has 0 saturated heterocycles. The Kier molecular flexibility index (Phi) is 7.30. The molecule has 0 saturated carbocycles. The molecule has 3 aliphatic heterocycles. The van der Waals surface area contributed by atoms with E-state index in [4.69, 9.17) is 14.2 Å². The predicted molar refractivity (Wildman–Crippen MR) is 154 cm³/mol. The lowest BCUT2D eigenvalue weighted by Gasteiger charge is -2.25. The standard InChI is InChI=1S/C29H25N5O6S/c1-38-22-9-5-4-8-20(22)31-26(36)15-41-29-33-19-7-3-2-6-18(19)27-32-21(28(37)34(27)29)13-25(35)30-14-17-10-11-23-24(12-17)40-16-39-23/h2-12,21H,13-16H2,1H3,(H,30,35)(H,31,36)/t21-/m0/s1. The number of amidine groups is 2. The monoisotopic (exact) mass is 571 g/mol. The summed E-state index contributed by atoms with van der Waals surface area (Å²) in [7, 11) is 1.53. The fourth-order valence-corrected chi connectivity index (χ4v) is 5.40. The molecule has 12 heteroatoms. The maximum atomic E-state index is 13.5. The Balaban J connectivity index is 1.13. The number of hydrogen-bond acceptors (Lipinski definition) is 9. The largest absolute Gasteiger partial charge is 0.495 e. The van der Waals surface area contributed by atoms with E-state index in [1.165, 1.54) is 12.0 Å². The highest BCUT2D eigenvalue weighted by Gasteiger charge is 2.42. The van der Waals surface area contributed by atoms with Gasteiger partial charge >= 0.3 is 0 Å². The molecule has 2 N–H and O–H groups in total. The van der Waals surface area contributed by atoms with Gasteiger partial charge in [-0.1, -0.05) is 42.1 Å². The molecule has 3 aromatic rings. The van der Waals surface area contributed by atoms with E-state index in [9.17, 15) is 14.4 Å². The highest BCUT2D eigenvalue weighted by atomic mass is 32.2. The van der Waals surface area contributed by atoms with Crippen molar-refractivity contribution in [3.63, 3.8) is 0 Å². The Labute approximate surface area is 239 Å². The third-order valence-electron chi connectivity index (χ3n) is 6.57. The molecule has 0 aliphatic carbocycles. The Hall–Kier alpha value is -4.84. The third-order valence-corrected chi connectivity index (χ3v) is 7.51. The summed E-state index contributed by atoms with van der Waals surface area (Å²) in [5.41, 5.74) is 2.71. The Morgan fingerprint density at radius 2 is 1.85 bits per heavy atom. The van der Waals surface area contributed by atoms with Crippen molar-refractivity contribution in [2.24, 2.45) is 9.98 Å². The van der Waals surface area contributed by atoms with Crippen LogP contribution in [-0.4, -0.2) is 59.3 Å². The molecule has 0 unspecified atom stereocenters. The highest BCUT2D eigenvalue weighted by molar-refractivity contribution is 8.14. The number of methoxy groups -OCH3 is 1. The molecular weight excluding hydrogens is 546 g/mol. The minimum atomic E-state index is -0.916. The van der Waals surface area contributed by atoms with E-state index in [1.807, 2.05) is 42.5 Å². The number of aliphatic imine (C=N–C) groups is 2. The van der Waals surface area contributed by atoms with Crippen LogP contribution in [0.15, 0.2) is 76.7 Å². The molecule has 0 bridgehead atoms. The second-order valence-electron chi connectivity index (χ2n) is 9.26. The first-order valence-electron chi connectivity index (χ1n) is 12.8. The number of benzene rings is 3. The van der Waals surface area contributed by atoms with Crippen molar-refractivity contribution in [3.8, 4) is 17.2 Å². The number of para-hydroxylation sites is 3. The maximum Gasteiger partial charge on any atom is 0.259 e. The number of carbonyl (C=O) groups excluding carboxylic acids is 3. The smallest absolute Gasteiger partial charge is 0.259 e. The molecule has 41 heavy (non-hydrogen) atoms. The minimum absolute atomic E-state index is 0.00318. The highest BCUT2D eigenvalue weighted by Crippen LogP contribution is 2.35. The first-order valence-corrected chi connectivity index (χ1v) is 13.8. The first-order chi connectivity index (χ1) is 20.0. The van der Waals surface area contributed by atoms with Gasteiger partial charge in [-0.3, -0.25) is 19.4 Å². The third kappa shape index (κ3) is 5.46. The van der Waals surface area contributed by atoms with Gasteiger partial charge < -0.3 is 24.8 Å². The second kappa shape index (κ2) is 11.3. The first kappa shape index (κ1) is 26.4. The number of amides is 3. The van der Waals surface area contributed by atoms with Gasteiger partial charge in [0.15, 0.2) is 16.7 Å². The summed E-state index contributed by atoms with van der Waals surface area (Å²) >= 11 is 1.12. The number of rotatable bonds is 8. The SMILES string of the molecule is COc1ccccc1NC(=O)CSC1=Nc2ccccc2C2=N[C@@H](CC(=O)NCc3ccc4c(c3)OCO4)C(=O)N12. The summed E-state index contributed by atoms with van der Waals surface area (Å²) in [6.45, 7) is 0.439. The van der Waals surface area contributed by atoms with E-state index in [2.05, 4.69) is 20.6 Å². The predicted octanol–water partition coefficient (Wildman–Crippen LogP) is 3.46. The lowest BCUT2D eigenvalue weighted by Crippen LogP contribution is -2.42. The van der Waals surface area contributed by atoms with Crippen molar-refractivity contribution in [1.29, 1.82) is 0 Å². The van der Waals surface area contributed by atoms with Crippen molar-refractivity contribution >= 4 is 51.9 Å². The van der Waals surface area contributed by atoms with Crippen LogP contribution in [0.2, 0.25) is 0 Å². The van der Waals surface area contributed by atoms with Crippen LogP contribution in [0.3, 0.4) is 0 Å². The number of nitrogens with zero attached hydrogens (tertiary/aromatic N) is 3. The second-order valence-corrected chi connectivity index (χ2v) is 10.2. The average Bonchev–Trinajstić information content (AvgIpc) is 3.59. The zero-order chi connectivity index (χ0) is 28.3. The zero-order valence-electron chi connectivity index (χ0n) is 22.0. The molecular formula is C29H25N5O6S. The van der Waals surface area contributed by atoms with Crippen molar-refractivity contribution in [1.82, 2.24) is 10.2 Å². The Bertz CT molecular complexity index is 1610. The van der Waals surface area contributed by atoms with Crippen molar-refractivity contribution in [2.45, 2.75) is 19.0 Å². The van der Waals surface area contributed by atoms with Crippen LogP contribution >= 0.6 is 11.8 Å². The molecule has 3 aliphatic rings. The van der Waals surface area contributed by atoms with E-state index in [0.717, 1.165) is 17.3 Å². The van der Waals surface area contributed by atoms with Crippen LogP contribution in [0, 0.1) is 0 Å². The average molecular weight is 572 g/mol. The molecule has 3 aromatic carbocycles. The molecule has 0 spiro atoms. The summed E-state index contributed by atoms with van der Waals surface area (Å²) < 4.78 is 16.0. The van der Waals surface area contributed by atoms with Crippen molar-refractivity contribution < 1.29 is 28.6 Å². The summed E-state index contributed by atoms with van der Waals surface area (Å²) in [5, 5.41) is 6.00. The normalized spacial score (nSPS) is 16.4. The fourth-order valence-electron chi connectivity index (χ4n) is 4.60. The van der Waals surface area contributed by atoms with Gasteiger partial charge in [0.2, 0.25) is 18.6 Å². The molecule has 0 fully saturated rings. The maximum absolute atomic E-state index is 13.5. The van der Waals surface area contributed by atoms with Gasteiger partial charge in [0.25, 0.3) is 5.91 Å². The molecule has 11 nitrogen and oxygen atoms in total. The quantitative estimate of drug-likeness (QED) is 0.423. The van der Waals surface area contributed by atoms with Crippen LogP contribution in [0.4, 0.5) is 11.4 Å². The number of carbonyl (C=O) groups is 3. The molecule has 0 radical (unpaired) electrons. The minimum Gasteiger partial charge on any atom is -0.495 e. The topological polar surface area (TPSA) is 131 Å². The van der Waals surface area contributed by atoms with Gasteiger partial charge in [0.1, 0.15) is 17.6 Å². The molecule has 6 rings (SSSR count). The van der Waals surface area contributed by atoms with Crippen LogP contribution in [-0.2, 0) is 20.9 Å². The van der Waals surface area contributed by atoms with Gasteiger partial charge in [-0.15, -0.1) is 0 Å². The fraction of sp³-hybridized carbons (Fsp3) is 0.207. The number of ether oxygens (including phenoxy) is 3. The van der Waals surface area contributed by atoms with Crippen LogP contribution in [0.1, 0.15) is 17.5 Å². The zero-order valence-corrected chi connectivity index (χ0v) is 22.8. The van der Waals surface area contributed by atoms with E-state index >= 15 is 0 Å². The van der Waals surface area contributed by atoms with E-state index < -0.39 is 6.04 Å². The molecule has 0 aromatic heterocycles. The van der Waals surface area contributed by atoms with E-state index in [0.29, 0.717) is 45.2 Å². The van der Waals surface area contributed by atoms with E-state index in [-0.39, 0.29) is 43.2 Å². The van der Waals surface area contributed by atoms with Gasteiger partial charge in [0, 0.05) is 12.1 Å². The summed E-state index contributed by atoms with van der Waals surface area (Å²) in [5.74, 6) is 1.27. The number of fused-ring (bicyclic) bond motifs is 4. The van der Waals surface area contributed by atoms with E-state index in [1.54, 1.807) is 24.3 Å². The Morgan fingerprint density at radius 3 is 2.73 bits per heavy atom. The van der Waals surface area contributed by atoms with Gasteiger partial charge in [-0.2, -0.15) is 0 Å². The lowest BCUT2D eigenvalue weighted by molar-refractivity contribution is -0.128. The Morgan fingerprint density at radius 1 is 1.05 bits per heavy atom. The number of hydrogen-bond donors (Lipinski definition) is 2. The summed E-state index contributed by atoms with van der Waals surface area (Å²) in [4.78, 5) is 49.8. The van der Waals surface area contributed by atoms with Crippen LogP contribution in [0.25, 0.3) is 0 Å². The molecule has 208 valence electrons. The number of thioether (sulfide) groups is 1. The molecule has 1 atom stereocenters. The van der Waals surface area contributed by atoms with Crippen LogP contribution < -0.4 is 24.8 Å². The van der Waals surface area contributed by atoms with Gasteiger partial charge in [0.05, 0.1) is 30.7 Å². The van der Waals surface area contributed by atoms with Crippen LogP contribution in [0.5, 0.6) is 17.2 Å². The number of nitrogens with one attached hydrogen (secondary N) is 2. The van der Waals surface area contributed by atoms with Gasteiger partial charge in [-0.05, 0) is 42.0 Å². The van der Waals surface area contributed by atoms with Crippen molar-refractivity contribution in [2.75, 3.05) is 25.0 Å². The van der Waals surface area contributed by atoms with Crippen molar-refractivity contribution in [3.05, 3.63) is 77.9 Å². The van der Waals surface area contributed by atoms with Gasteiger partial charge in [-0.25, -0.2) is 9.89 Å².